The quantitative estimate of drug-likeness (QED) is 0.432. The van der Waals surface area contributed by atoms with Gasteiger partial charge >= 0.3 is 0 Å². The predicted molar refractivity (Wildman–Crippen MR) is 133 cm³/mol. The van der Waals surface area contributed by atoms with Crippen LogP contribution in [0.15, 0.2) is 30.6 Å². The molecule has 1 aliphatic rings. The molecule has 1 saturated heterocycles. The average Bonchev–Trinajstić information content (AvgIpc) is 3.30. The normalized spacial score (nSPS) is 17.9. The van der Waals surface area contributed by atoms with Crippen LogP contribution in [0.4, 0.5) is 5.95 Å². The van der Waals surface area contributed by atoms with Gasteiger partial charge in [0.05, 0.1) is 38.7 Å². The number of morpholine rings is 1. The molecule has 13 heteroatoms. The molecule has 1 aliphatic heterocycles. The van der Waals surface area contributed by atoms with E-state index in [0.717, 1.165) is 5.56 Å². The number of aryl methyl sites for hydroxylation is 1. The standard InChI is InChI=1S/C23H31N7O5S/c1-14-11-25-21(26-12-14)15(2)16(3)36(31,32)29-23-28-27-22(17-13-35-10-9-24-17)30(23)20-18(33-4)7-6-8-19(20)34-5/h6-8,11-12,15-17,24H,9-10,13H2,1-5H3,(H,28,29)/t15?,16?,17-/m1/s1. The van der Waals surface area contributed by atoms with Gasteiger partial charge in [-0.15, -0.1) is 10.2 Å². The summed E-state index contributed by atoms with van der Waals surface area (Å²) in [5.74, 6) is 1.34. The highest BCUT2D eigenvalue weighted by Crippen LogP contribution is 2.37. The zero-order valence-corrected chi connectivity index (χ0v) is 21.7. The Balaban J connectivity index is 1.77. The predicted octanol–water partition coefficient (Wildman–Crippen LogP) is 1.98. The summed E-state index contributed by atoms with van der Waals surface area (Å²) in [6.07, 6.45) is 3.34. The van der Waals surface area contributed by atoms with E-state index in [9.17, 15) is 8.42 Å². The molecule has 4 rings (SSSR count). The molecular weight excluding hydrogens is 486 g/mol. The first-order valence-electron chi connectivity index (χ1n) is 11.5. The summed E-state index contributed by atoms with van der Waals surface area (Å²) < 4.78 is 48.1. The van der Waals surface area contributed by atoms with Crippen LogP contribution in [0, 0.1) is 6.92 Å². The van der Waals surface area contributed by atoms with Gasteiger partial charge in [0.25, 0.3) is 0 Å². The zero-order valence-electron chi connectivity index (χ0n) is 20.9. The molecule has 1 aromatic carbocycles. The molecule has 2 N–H and O–H groups in total. The first kappa shape index (κ1) is 25.8. The van der Waals surface area contributed by atoms with Crippen LogP contribution >= 0.6 is 0 Å². The number of methoxy groups -OCH3 is 2. The van der Waals surface area contributed by atoms with Gasteiger partial charge in [0, 0.05) is 24.9 Å². The number of hydrogen-bond acceptors (Lipinski definition) is 10. The molecule has 3 heterocycles. The van der Waals surface area contributed by atoms with E-state index < -0.39 is 21.2 Å². The second-order valence-corrected chi connectivity index (χ2v) is 10.6. The van der Waals surface area contributed by atoms with Crippen LogP contribution in [0.5, 0.6) is 11.5 Å². The van der Waals surface area contributed by atoms with Crippen molar-refractivity contribution >= 4 is 16.0 Å². The summed E-state index contributed by atoms with van der Waals surface area (Å²) in [7, 11) is -0.890. The highest BCUT2D eigenvalue weighted by Gasteiger charge is 2.33. The Morgan fingerprint density at radius 1 is 1.14 bits per heavy atom. The monoisotopic (exact) mass is 517 g/mol. The van der Waals surface area contributed by atoms with E-state index in [2.05, 4.69) is 30.2 Å². The SMILES string of the molecule is COc1cccc(OC)c1-n1c(NS(=O)(=O)C(C)C(C)c2ncc(C)cn2)nnc1[C@H]1COCCN1. The number of nitrogens with one attached hydrogen (secondary N) is 2. The summed E-state index contributed by atoms with van der Waals surface area (Å²) in [4.78, 5) is 8.61. The van der Waals surface area contributed by atoms with Crippen molar-refractivity contribution < 1.29 is 22.6 Å². The van der Waals surface area contributed by atoms with Gasteiger partial charge in [-0.05, 0) is 31.5 Å². The van der Waals surface area contributed by atoms with E-state index in [1.54, 1.807) is 49.0 Å². The first-order chi connectivity index (χ1) is 17.3. The van der Waals surface area contributed by atoms with Crippen molar-refractivity contribution in [1.29, 1.82) is 0 Å². The van der Waals surface area contributed by atoms with Crippen molar-refractivity contribution in [2.24, 2.45) is 0 Å². The van der Waals surface area contributed by atoms with Gasteiger partial charge < -0.3 is 19.5 Å². The molecule has 2 aromatic heterocycles. The molecule has 194 valence electrons. The fraction of sp³-hybridized carbons (Fsp3) is 0.478. The Labute approximate surface area is 210 Å². The number of anilines is 1. The van der Waals surface area contributed by atoms with E-state index >= 15 is 0 Å². The Hall–Kier alpha value is -3.29. The number of hydrogen-bond donors (Lipinski definition) is 2. The molecule has 3 atom stereocenters. The minimum absolute atomic E-state index is 0.00375. The largest absolute Gasteiger partial charge is 0.494 e. The minimum Gasteiger partial charge on any atom is -0.494 e. The molecule has 0 aliphatic carbocycles. The molecule has 0 saturated carbocycles. The Kier molecular flexibility index (Phi) is 7.71. The maximum atomic E-state index is 13.5. The highest BCUT2D eigenvalue weighted by molar-refractivity contribution is 7.93. The summed E-state index contributed by atoms with van der Waals surface area (Å²) in [5, 5.41) is 11.0. The smallest absolute Gasteiger partial charge is 0.243 e. The fourth-order valence-electron chi connectivity index (χ4n) is 3.93. The molecular formula is C23H31N7O5S. The first-order valence-corrected chi connectivity index (χ1v) is 13.1. The van der Waals surface area contributed by atoms with Crippen molar-refractivity contribution in [3.63, 3.8) is 0 Å². The number of nitrogens with zero attached hydrogens (tertiary/aromatic N) is 5. The van der Waals surface area contributed by atoms with E-state index in [1.165, 1.54) is 14.2 Å². The second-order valence-electron chi connectivity index (χ2n) is 8.57. The molecule has 0 amide bonds. The summed E-state index contributed by atoms with van der Waals surface area (Å²) in [5.41, 5.74) is 1.36. The third kappa shape index (κ3) is 5.13. The van der Waals surface area contributed by atoms with Crippen LogP contribution in [0.25, 0.3) is 5.69 Å². The van der Waals surface area contributed by atoms with Crippen molar-refractivity contribution in [3.8, 4) is 17.2 Å². The number of ether oxygens (including phenoxy) is 3. The summed E-state index contributed by atoms with van der Waals surface area (Å²) >= 11 is 0. The molecule has 0 radical (unpaired) electrons. The van der Waals surface area contributed by atoms with Gasteiger partial charge in [0.15, 0.2) is 5.82 Å². The van der Waals surface area contributed by atoms with Crippen LogP contribution in [0.1, 0.15) is 43.0 Å². The lowest BCUT2D eigenvalue weighted by Gasteiger charge is -2.25. The minimum atomic E-state index is -3.94. The van der Waals surface area contributed by atoms with Crippen LogP contribution in [0.3, 0.4) is 0 Å². The molecule has 0 spiro atoms. The van der Waals surface area contributed by atoms with Crippen molar-refractivity contribution in [3.05, 3.63) is 47.8 Å². The average molecular weight is 518 g/mol. The van der Waals surface area contributed by atoms with Gasteiger partial charge in [0.2, 0.25) is 16.0 Å². The lowest BCUT2D eigenvalue weighted by atomic mass is 10.1. The third-order valence-electron chi connectivity index (χ3n) is 6.18. The van der Waals surface area contributed by atoms with E-state index in [-0.39, 0.29) is 12.0 Å². The molecule has 0 bridgehead atoms. The fourth-order valence-corrected chi connectivity index (χ4v) is 5.16. The third-order valence-corrected chi connectivity index (χ3v) is 8.04. The number of aromatic nitrogens is 5. The van der Waals surface area contributed by atoms with Crippen molar-refractivity contribution in [2.45, 2.75) is 38.0 Å². The van der Waals surface area contributed by atoms with Gasteiger partial charge in [-0.2, -0.15) is 0 Å². The Morgan fingerprint density at radius 3 is 2.39 bits per heavy atom. The number of para-hydroxylation sites is 1. The van der Waals surface area contributed by atoms with E-state index in [0.29, 0.717) is 48.6 Å². The van der Waals surface area contributed by atoms with Gasteiger partial charge in [-0.3, -0.25) is 9.29 Å². The molecule has 2 unspecified atom stereocenters. The van der Waals surface area contributed by atoms with Crippen LogP contribution in [-0.2, 0) is 14.8 Å². The topological polar surface area (TPSA) is 142 Å². The molecule has 12 nitrogen and oxygen atoms in total. The summed E-state index contributed by atoms with van der Waals surface area (Å²) in [6.45, 7) is 6.79. The van der Waals surface area contributed by atoms with Crippen molar-refractivity contribution in [2.75, 3.05) is 38.7 Å². The second kappa shape index (κ2) is 10.8. The van der Waals surface area contributed by atoms with E-state index in [4.69, 9.17) is 14.2 Å². The van der Waals surface area contributed by atoms with Gasteiger partial charge in [-0.25, -0.2) is 18.4 Å². The molecule has 1 fully saturated rings. The Morgan fingerprint density at radius 2 is 1.81 bits per heavy atom. The lowest BCUT2D eigenvalue weighted by molar-refractivity contribution is 0.0736. The lowest BCUT2D eigenvalue weighted by Crippen LogP contribution is -2.36. The Bertz CT molecular complexity index is 1270. The van der Waals surface area contributed by atoms with Crippen LogP contribution < -0.4 is 19.5 Å². The number of benzene rings is 1. The van der Waals surface area contributed by atoms with Crippen LogP contribution in [-0.4, -0.2) is 72.4 Å². The molecule has 36 heavy (non-hydrogen) atoms. The zero-order chi connectivity index (χ0) is 25.9. The number of rotatable bonds is 9. The maximum absolute atomic E-state index is 13.5. The van der Waals surface area contributed by atoms with Gasteiger partial charge in [0.1, 0.15) is 23.0 Å². The van der Waals surface area contributed by atoms with Crippen LogP contribution in [0.2, 0.25) is 0 Å². The molecule has 3 aromatic rings. The van der Waals surface area contributed by atoms with Crippen molar-refractivity contribution in [1.82, 2.24) is 30.0 Å². The highest BCUT2D eigenvalue weighted by atomic mass is 32.2. The number of sulfonamides is 1. The van der Waals surface area contributed by atoms with Gasteiger partial charge in [-0.1, -0.05) is 13.0 Å². The summed E-state index contributed by atoms with van der Waals surface area (Å²) in [6, 6.07) is 4.97. The maximum Gasteiger partial charge on any atom is 0.243 e. The van der Waals surface area contributed by atoms with E-state index in [1.807, 2.05) is 6.92 Å².